The van der Waals surface area contributed by atoms with Crippen molar-refractivity contribution >= 4 is 23.1 Å². The van der Waals surface area contributed by atoms with E-state index in [1.165, 1.54) is 35.6 Å². The highest BCUT2D eigenvalue weighted by Crippen LogP contribution is 2.36. The fourth-order valence-electron chi connectivity index (χ4n) is 3.69. The molecule has 0 aromatic carbocycles. The Hall–Kier alpha value is -2.74. The highest BCUT2D eigenvalue weighted by atomic mass is 32.1. The molecule has 3 aromatic rings. The van der Waals surface area contributed by atoms with Gasteiger partial charge in [0, 0.05) is 29.4 Å². The van der Waals surface area contributed by atoms with E-state index >= 15 is 0 Å². The van der Waals surface area contributed by atoms with Crippen LogP contribution in [0.15, 0.2) is 37.1 Å². The van der Waals surface area contributed by atoms with Crippen molar-refractivity contribution in [3.63, 3.8) is 0 Å². The number of rotatable bonds is 7. The number of hydrogen-bond acceptors (Lipinski definition) is 6. The van der Waals surface area contributed by atoms with E-state index in [1.807, 2.05) is 17.0 Å². The molecule has 8 heteroatoms. The molecule has 0 amide bonds. The second kappa shape index (κ2) is 8.10. The first kappa shape index (κ1) is 18.6. The number of carboxylic acid groups (broad SMARTS) is 1. The van der Waals surface area contributed by atoms with Crippen molar-refractivity contribution in [3.05, 3.63) is 58.2 Å². The van der Waals surface area contributed by atoms with Gasteiger partial charge in [-0.05, 0) is 30.9 Å². The maximum atomic E-state index is 11.8. The monoisotopic (exact) mass is 397 g/mol. The fraction of sp³-hybridized carbons (Fsp3) is 0.400. The Morgan fingerprint density at radius 3 is 2.79 bits per heavy atom. The van der Waals surface area contributed by atoms with Gasteiger partial charge in [-0.15, -0.1) is 11.3 Å². The third kappa shape index (κ3) is 4.22. The maximum Gasteiger partial charge on any atom is 0.312 e. The Kier molecular flexibility index (Phi) is 5.38. The second-order valence-corrected chi connectivity index (χ2v) is 8.45. The van der Waals surface area contributed by atoms with E-state index in [1.54, 1.807) is 36.0 Å². The number of nitrogens with two attached hydrogens (primary N) is 1. The van der Waals surface area contributed by atoms with Gasteiger partial charge < -0.3 is 15.4 Å². The van der Waals surface area contributed by atoms with Crippen LogP contribution >= 0.6 is 11.3 Å². The minimum atomic E-state index is -0.900. The SMILES string of the molecule is Nc1ccc(CC(C(=O)O)c2cn(Cc3cnc(C4CCCC4)s3)cn2)cn1. The van der Waals surface area contributed by atoms with E-state index in [4.69, 9.17) is 5.73 Å². The lowest BCUT2D eigenvalue weighted by Crippen LogP contribution is -2.15. The fourth-order valence-corrected chi connectivity index (χ4v) is 4.79. The Balaban J connectivity index is 1.45. The molecule has 0 saturated heterocycles. The number of hydrogen-bond donors (Lipinski definition) is 2. The zero-order valence-corrected chi connectivity index (χ0v) is 16.3. The molecule has 7 nitrogen and oxygen atoms in total. The summed E-state index contributed by atoms with van der Waals surface area (Å²) in [6.07, 6.45) is 12.5. The molecule has 4 rings (SSSR count). The molecular weight excluding hydrogens is 374 g/mol. The quantitative estimate of drug-likeness (QED) is 0.632. The minimum Gasteiger partial charge on any atom is -0.481 e. The Bertz CT molecular complexity index is 944. The lowest BCUT2D eigenvalue weighted by molar-refractivity contribution is -0.138. The van der Waals surface area contributed by atoms with Gasteiger partial charge in [0.15, 0.2) is 0 Å². The summed E-state index contributed by atoms with van der Waals surface area (Å²) in [6, 6.07) is 3.48. The maximum absolute atomic E-state index is 11.8. The lowest BCUT2D eigenvalue weighted by atomic mass is 9.98. The van der Waals surface area contributed by atoms with Crippen LogP contribution in [0.5, 0.6) is 0 Å². The smallest absolute Gasteiger partial charge is 0.312 e. The minimum absolute atomic E-state index is 0.325. The zero-order chi connectivity index (χ0) is 19.5. The molecule has 1 aliphatic rings. The van der Waals surface area contributed by atoms with Crippen molar-refractivity contribution < 1.29 is 9.90 Å². The van der Waals surface area contributed by atoms with Gasteiger partial charge in [-0.3, -0.25) is 4.79 Å². The summed E-state index contributed by atoms with van der Waals surface area (Å²) in [7, 11) is 0. The van der Waals surface area contributed by atoms with Gasteiger partial charge in [0.1, 0.15) is 11.7 Å². The van der Waals surface area contributed by atoms with Crippen LogP contribution in [-0.2, 0) is 17.8 Å². The summed E-state index contributed by atoms with van der Waals surface area (Å²) in [4.78, 5) is 25.9. The summed E-state index contributed by atoms with van der Waals surface area (Å²) < 4.78 is 1.93. The van der Waals surface area contributed by atoms with Gasteiger partial charge in [-0.25, -0.2) is 15.0 Å². The summed E-state index contributed by atoms with van der Waals surface area (Å²) in [5.74, 6) is -0.589. The Morgan fingerprint density at radius 1 is 1.25 bits per heavy atom. The predicted octanol–water partition coefficient (Wildman–Crippen LogP) is 3.43. The second-order valence-electron chi connectivity index (χ2n) is 7.30. The van der Waals surface area contributed by atoms with E-state index < -0.39 is 11.9 Å². The predicted molar refractivity (Wildman–Crippen MR) is 107 cm³/mol. The van der Waals surface area contributed by atoms with Crippen molar-refractivity contribution in [2.24, 2.45) is 0 Å². The Labute approximate surface area is 167 Å². The first-order valence-corrected chi connectivity index (χ1v) is 10.3. The van der Waals surface area contributed by atoms with Crippen LogP contribution in [0.2, 0.25) is 0 Å². The van der Waals surface area contributed by atoms with E-state index in [0.29, 0.717) is 30.4 Å². The van der Waals surface area contributed by atoms with Crippen LogP contribution < -0.4 is 5.73 Å². The third-order valence-corrected chi connectivity index (χ3v) is 6.35. The standard InChI is InChI=1S/C20H23N5O2S/c21-18-6-5-13(8-22-18)7-16(20(26)27)17-11-25(12-24-17)10-15-9-23-19(28-15)14-3-1-2-4-14/h5-6,8-9,11-12,14,16H,1-4,7,10H2,(H2,21,22)(H,26,27). The third-order valence-electron chi connectivity index (χ3n) is 5.21. The number of nitrogens with zero attached hydrogens (tertiary/aromatic N) is 4. The summed E-state index contributed by atoms with van der Waals surface area (Å²) >= 11 is 1.76. The van der Waals surface area contributed by atoms with Gasteiger partial charge in [-0.1, -0.05) is 18.9 Å². The molecule has 0 radical (unpaired) electrons. The van der Waals surface area contributed by atoms with Crippen molar-refractivity contribution in [2.75, 3.05) is 5.73 Å². The van der Waals surface area contributed by atoms with Crippen LogP contribution in [0.25, 0.3) is 0 Å². The van der Waals surface area contributed by atoms with E-state index in [0.717, 1.165) is 5.56 Å². The number of aliphatic carboxylic acids is 1. The zero-order valence-electron chi connectivity index (χ0n) is 15.5. The van der Waals surface area contributed by atoms with Gasteiger partial charge in [0.25, 0.3) is 0 Å². The van der Waals surface area contributed by atoms with Crippen LogP contribution in [0.3, 0.4) is 0 Å². The number of aromatic nitrogens is 4. The molecule has 146 valence electrons. The number of anilines is 1. The highest BCUT2D eigenvalue weighted by molar-refractivity contribution is 7.11. The number of nitrogen functional groups attached to an aromatic ring is 1. The molecule has 0 aliphatic heterocycles. The van der Waals surface area contributed by atoms with Gasteiger partial charge in [0.05, 0.1) is 23.6 Å². The number of carboxylic acids is 1. The molecule has 28 heavy (non-hydrogen) atoms. The molecule has 0 spiro atoms. The van der Waals surface area contributed by atoms with E-state index in [-0.39, 0.29) is 0 Å². The average molecular weight is 398 g/mol. The van der Waals surface area contributed by atoms with Gasteiger partial charge >= 0.3 is 5.97 Å². The van der Waals surface area contributed by atoms with E-state index in [2.05, 4.69) is 15.0 Å². The molecule has 1 unspecified atom stereocenters. The molecule has 1 fully saturated rings. The summed E-state index contributed by atoms with van der Waals surface area (Å²) in [6.45, 7) is 0.660. The molecule has 3 heterocycles. The molecule has 1 atom stereocenters. The molecule has 1 aliphatic carbocycles. The number of imidazole rings is 1. The molecular formula is C20H23N5O2S. The van der Waals surface area contributed by atoms with Crippen molar-refractivity contribution in [1.82, 2.24) is 19.5 Å². The molecule has 3 aromatic heterocycles. The molecule has 1 saturated carbocycles. The van der Waals surface area contributed by atoms with E-state index in [9.17, 15) is 9.90 Å². The number of carbonyl (C=O) groups is 1. The highest BCUT2D eigenvalue weighted by Gasteiger charge is 2.24. The molecule has 0 bridgehead atoms. The lowest BCUT2D eigenvalue weighted by Gasteiger charge is -2.09. The van der Waals surface area contributed by atoms with Crippen LogP contribution in [0, 0.1) is 0 Å². The van der Waals surface area contributed by atoms with Crippen molar-refractivity contribution in [3.8, 4) is 0 Å². The van der Waals surface area contributed by atoms with Gasteiger partial charge in [0.2, 0.25) is 0 Å². The number of pyridine rings is 1. The van der Waals surface area contributed by atoms with Crippen LogP contribution in [0.4, 0.5) is 5.82 Å². The first-order chi connectivity index (χ1) is 13.6. The largest absolute Gasteiger partial charge is 0.481 e. The van der Waals surface area contributed by atoms with Gasteiger partial charge in [-0.2, -0.15) is 0 Å². The average Bonchev–Trinajstić information content (AvgIpc) is 3.43. The normalized spacial score (nSPS) is 15.7. The van der Waals surface area contributed by atoms with Crippen molar-refractivity contribution in [2.45, 2.75) is 50.5 Å². The van der Waals surface area contributed by atoms with Crippen LogP contribution in [-0.4, -0.2) is 30.6 Å². The van der Waals surface area contributed by atoms with Crippen LogP contribution in [0.1, 0.15) is 58.7 Å². The summed E-state index contributed by atoms with van der Waals surface area (Å²) in [5, 5.41) is 10.9. The molecule has 3 N–H and O–H groups in total. The summed E-state index contributed by atoms with van der Waals surface area (Å²) in [5.41, 5.74) is 6.96. The van der Waals surface area contributed by atoms with Crippen molar-refractivity contribution in [1.29, 1.82) is 0 Å². The first-order valence-electron chi connectivity index (χ1n) is 9.48. The topological polar surface area (TPSA) is 107 Å². The number of thiazole rings is 1. The Morgan fingerprint density at radius 2 is 2.07 bits per heavy atom.